The largest absolute Gasteiger partial charge is 0.469 e. The van der Waals surface area contributed by atoms with Crippen LogP contribution in [0.3, 0.4) is 0 Å². The molecule has 19 heavy (non-hydrogen) atoms. The van der Waals surface area contributed by atoms with Crippen molar-refractivity contribution < 1.29 is 9.53 Å². The molecule has 1 aliphatic carbocycles. The molecule has 0 bridgehead atoms. The fraction of sp³-hybridized carbons (Fsp3) is 0.400. The molecule has 0 spiro atoms. The number of benzene rings is 1. The number of methoxy groups -OCH3 is 1. The molecule has 4 nitrogen and oxygen atoms in total. The van der Waals surface area contributed by atoms with E-state index < -0.39 is 17.3 Å². The van der Waals surface area contributed by atoms with Crippen LogP contribution < -0.4 is 0 Å². The Balaban J connectivity index is 2.35. The SMILES string of the molecule is COC(=O)[C@H]1C[C@@H](c2ccc(C)cc2)C1(C#N)C#N. The van der Waals surface area contributed by atoms with Gasteiger partial charge in [0.1, 0.15) is 0 Å². The molecule has 0 saturated heterocycles. The summed E-state index contributed by atoms with van der Waals surface area (Å²) < 4.78 is 4.68. The van der Waals surface area contributed by atoms with Gasteiger partial charge < -0.3 is 4.74 Å². The van der Waals surface area contributed by atoms with E-state index in [2.05, 4.69) is 4.74 Å². The molecule has 1 aromatic rings. The van der Waals surface area contributed by atoms with Crippen LogP contribution in [0.15, 0.2) is 24.3 Å². The lowest BCUT2D eigenvalue weighted by Gasteiger charge is -2.45. The summed E-state index contributed by atoms with van der Waals surface area (Å²) in [7, 11) is 1.28. The Hall–Kier alpha value is -2.33. The minimum Gasteiger partial charge on any atom is -0.469 e. The van der Waals surface area contributed by atoms with Crippen molar-refractivity contribution in [3.8, 4) is 12.1 Å². The smallest absolute Gasteiger partial charge is 0.311 e. The number of hydrogen-bond acceptors (Lipinski definition) is 4. The van der Waals surface area contributed by atoms with Crippen LogP contribution in [-0.2, 0) is 9.53 Å². The number of hydrogen-bond donors (Lipinski definition) is 0. The molecular formula is C15H14N2O2. The van der Waals surface area contributed by atoms with Gasteiger partial charge in [0.15, 0.2) is 5.41 Å². The molecule has 2 atom stereocenters. The van der Waals surface area contributed by atoms with Gasteiger partial charge in [0, 0.05) is 5.92 Å². The van der Waals surface area contributed by atoms with E-state index >= 15 is 0 Å². The predicted molar refractivity (Wildman–Crippen MR) is 67.7 cm³/mol. The second-order valence-corrected chi connectivity index (χ2v) is 4.87. The molecule has 1 fully saturated rings. The van der Waals surface area contributed by atoms with Crippen molar-refractivity contribution in [1.82, 2.24) is 0 Å². The van der Waals surface area contributed by atoms with Gasteiger partial charge in [0.2, 0.25) is 0 Å². The lowest BCUT2D eigenvalue weighted by molar-refractivity contribution is -0.153. The molecule has 0 unspecified atom stereocenters. The molecule has 0 heterocycles. The van der Waals surface area contributed by atoms with Crippen LogP contribution in [0, 0.1) is 40.9 Å². The van der Waals surface area contributed by atoms with Crippen LogP contribution in [0.2, 0.25) is 0 Å². The Morgan fingerprint density at radius 2 is 1.89 bits per heavy atom. The first kappa shape index (κ1) is 13.1. The summed E-state index contributed by atoms with van der Waals surface area (Å²) in [5.74, 6) is -1.36. The number of ether oxygens (including phenoxy) is 1. The maximum atomic E-state index is 11.6. The van der Waals surface area contributed by atoms with Crippen LogP contribution in [0.25, 0.3) is 0 Å². The van der Waals surface area contributed by atoms with Crippen LogP contribution in [-0.4, -0.2) is 13.1 Å². The molecule has 0 amide bonds. The van der Waals surface area contributed by atoms with Gasteiger partial charge in [0.25, 0.3) is 0 Å². The molecule has 0 N–H and O–H groups in total. The van der Waals surface area contributed by atoms with E-state index in [0.29, 0.717) is 6.42 Å². The highest BCUT2D eigenvalue weighted by atomic mass is 16.5. The summed E-state index contributed by atoms with van der Waals surface area (Å²) in [6.45, 7) is 1.98. The summed E-state index contributed by atoms with van der Waals surface area (Å²) >= 11 is 0. The van der Waals surface area contributed by atoms with E-state index in [1.54, 1.807) is 0 Å². The van der Waals surface area contributed by atoms with E-state index in [0.717, 1.165) is 11.1 Å². The molecule has 2 rings (SSSR count). The lowest BCUT2D eigenvalue weighted by atomic mass is 9.52. The zero-order valence-corrected chi connectivity index (χ0v) is 10.9. The normalized spacial score (nSPS) is 23.6. The van der Waals surface area contributed by atoms with E-state index in [-0.39, 0.29) is 5.92 Å². The third kappa shape index (κ3) is 1.86. The standard InChI is InChI=1S/C15H14N2O2/c1-10-3-5-11(6-4-10)12-7-13(14(18)19-2)15(12,8-16)9-17/h3-6,12-13H,7H2,1-2H3/t12-,13+/m0/s1. The van der Waals surface area contributed by atoms with Crippen LogP contribution >= 0.6 is 0 Å². The number of nitrogens with zero attached hydrogens (tertiary/aromatic N) is 2. The minimum atomic E-state index is -1.30. The quantitative estimate of drug-likeness (QED) is 0.759. The zero-order chi connectivity index (χ0) is 14.0. The lowest BCUT2D eigenvalue weighted by Crippen LogP contribution is -2.49. The van der Waals surface area contributed by atoms with Crippen molar-refractivity contribution in [3.05, 3.63) is 35.4 Å². The Bertz CT molecular complexity index is 564. The fourth-order valence-corrected chi connectivity index (χ4v) is 2.65. The van der Waals surface area contributed by atoms with Gasteiger partial charge in [-0.15, -0.1) is 0 Å². The summed E-state index contributed by atoms with van der Waals surface area (Å²) in [4.78, 5) is 11.6. The molecule has 1 aliphatic rings. The number of rotatable bonds is 2. The first-order chi connectivity index (χ1) is 9.08. The first-order valence-electron chi connectivity index (χ1n) is 6.06. The summed E-state index contributed by atoms with van der Waals surface area (Å²) in [5, 5.41) is 18.7. The molecule has 4 heteroatoms. The predicted octanol–water partition coefficient (Wildman–Crippen LogP) is 2.31. The van der Waals surface area contributed by atoms with Gasteiger partial charge in [0.05, 0.1) is 25.2 Å². The average Bonchev–Trinajstić information content (AvgIpc) is 2.41. The maximum Gasteiger partial charge on any atom is 0.311 e. The van der Waals surface area contributed by atoms with Crippen molar-refractivity contribution in [1.29, 1.82) is 10.5 Å². The first-order valence-corrected chi connectivity index (χ1v) is 6.06. The molecule has 0 radical (unpaired) electrons. The van der Waals surface area contributed by atoms with E-state index in [4.69, 9.17) is 0 Å². The van der Waals surface area contributed by atoms with Crippen LogP contribution in [0.4, 0.5) is 0 Å². The van der Waals surface area contributed by atoms with Crippen molar-refractivity contribution in [2.45, 2.75) is 19.3 Å². The van der Waals surface area contributed by atoms with Crippen LogP contribution in [0.5, 0.6) is 0 Å². The molecule has 96 valence electrons. The second-order valence-electron chi connectivity index (χ2n) is 4.87. The number of aryl methyl sites for hydroxylation is 1. The number of carbonyl (C=O) groups excluding carboxylic acids is 1. The monoisotopic (exact) mass is 254 g/mol. The Morgan fingerprint density at radius 3 is 2.37 bits per heavy atom. The van der Waals surface area contributed by atoms with E-state index in [1.807, 2.05) is 43.3 Å². The third-order valence-electron chi connectivity index (χ3n) is 3.91. The van der Waals surface area contributed by atoms with Gasteiger partial charge in [-0.1, -0.05) is 29.8 Å². The van der Waals surface area contributed by atoms with Gasteiger partial charge >= 0.3 is 5.97 Å². The van der Waals surface area contributed by atoms with Crippen molar-refractivity contribution >= 4 is 5.97 Å². The van der Waals surface area contributed by atoms with Gasteiger partial charge in [-0.05, 0) is 18.9 Å². The summed E-state index contributed by atoms with van der Waals surface area (Å²) in [6.07, 6.45) is 0.483. The number of esters is 1. The van der Waals surface area contributed by atoms with Crippen molar-refractivity contribution in [2.24, 2.45) is 11.3 Å². The maximum absolute atomic E-state index is 11.6. The highest BCUT2D eigenvalue weighted by molar-refractivity contribution is 5.77. The second kappa shape index (κ2) is 4.74. The molecule has 0 aromatic heterocycles. The Labute approximate surface area is 112 Å². The van der Waals surface area contributed by atoms with Crippen molar-refractivity contribution in [3.63, 3.8) is 0 Å². The van der Waals surface area contributed by atoms with Gasteiger partial charge in [-0.2, -0.15) is 10.5 Å². The summed E-state index contributed by atoms with van der Waals surface area (Å²) in [5.41, 5.74) is 0.739. The third-order valence-corrected chi connectivity index (χ3v) is 3.91. The van der Waals surface area contributed by atoms with Gasteiger partial charge in [-0.25, -0.2) is 0 Å². The van der Waals surface area contributed by atoms with Gasteiger partial charge in [-0.3, -0.25) is 4.79 Å². The number of nitriles is 2. The summed E-state index contributed by atoms with van der Waals surface area (Å²) in [6, 6.07) is 11.8. The molecular weight excluding hydrogens is 240 g/mol. The molecule has 1 aromatic carbocycles. The Kier molecular flexibility index (Phi) is 3.27. The average molecular weight is 254 g/mol. The Morgan fingerprint density at radius 1 is 1.32 bits per heavy atom. The van der Waals surface area contributed by atoms with E-state index in [1.165, 1.54) is 7.11 Å². The minimum absolute atomic E-state index is 0.229. The number of carbonyl (C=O) groups is 1. The zero-order valence-electron chi connectivity index (χ0n) is 10.9. The van der Waals surface area contributed by atoms with Crippen LogP contribution in [0.1, 0.15) is 23.5 Å². The fourth-order valence-electron chi connectivity index (χ4n) is 2.65. The highest BCUT2D eigenvalue weighted by Gasteiger charge is 2.60. The highest BCUT2D eigenvalue weighted by Crippen LogP contribution is 2.57. The van der Waals surface area contributed by atoms with Crippen molar-refractivity contribution in [2.75, 3.05) is 7.11 Å². The molecule has 1 saturated carbocycles. The van der Waals surface area contributed by atoms with E-state index in [9.17, 15) is 15.3 Å². The molecule has 0 aliphatic heterocycles. The topological polar surface area (TPSA) is 73.9 Å².